The lowest BCUT2D eigenvalue weighted by Crippen LogP contribution is -2.14. The molecule has 2 N–H and O–H groups in total. The molecule has 0 spiro atoms. The first-order valence-electron chi connectivity index (χ1n) is 4.13. The Hall–Kier alpha value is -0.340. The quantitative estimate of drug-likeness (QED) is 0.454. The molecule has 0 radical (unpaired) electrons. The van der Waals surface area contributed by atoms with Gasteiger partial charge in [-0.2, -0.15) is 0 Å². The van der Waals surface area contributed by atoms with E-state index in [0.29, 0.717) is 6.42 Å². The minimum Gasteiger partial charge on any atom is -0.393 e. The Morgan fingerprint density at radius 1 is 1.45 bits per heavy atom. The Labute approximate surface area is 68.6 Å². The smallest absolute Gasteiger partial charge is 0.0564 e. The molecule has 0 aliphatic heterocycles. The van der Waals surface area contributed by atoms with Crippen molar-refractivity contribution in [1.29, 1.82) is 0 Å². The van der Waals surface area contributed by atoms with Crippen LogP contribution in [0.4, 0.5) is 0 Å². The molecule has 0 aliphatic rings. The van der Waals surface area contributed by atoms with Gasteiger partial charge in [-0.1, -0.05) is 6.08 Å². The van der Waals surface area contributed by atoms with Crippen LogP contribution in [0.2, 0.25) is 0 Å². The third kappa shape index (κ3) is 7.56. The van der Waals surface area contributed by atoms with Crippen molar-refractivity contribution in [2.45, 2.75) is 44.8 Å². The highest BCUT2D eigenvalue weighted by Crippen LogP contribution is 2.06. The Morgan fingerprint density at radius 3 is 2.55 bits per heavy atom. The standard InChI is InChI=1S/C9H18O2/c1-3-4-5-6-9(11)7-8(2)10/h3,8-11H,1,4-7H2,2H3. The van der Waals surface area contributed by atoms with Crippen LogP contribution in [0.3, 0.4) is 0 Å². The van der Waals surface area contributed by atoms with E-state index >= 15 is 0 Å². The maximum atomic E-state index is 9.25. The summed E-state index contributed by atoms with van der Waals surface area (Å²) in [6.07, 6.45) is 4.24. The van der Waals surface area contributed by atoms with Gasteiger partial charge in [0.1, 0.15) is 0 Å². The average Bonchev–Trinajstić information content (AvgIpc) is 1.86. The predicted molar refractivity (Wildman–Crippen MR) is 46.4 cm³/mol. The van der Waals surface area contributed by atoms with Crippen LogP contribution in [0, 0.1) is 0 Å². The van der Waals surface area contributed by atoms with Crippen molar-refractivity contribution in [2.24, 2.45) is 0 Å². The molecule has 0 saturated heterocycles. The first kappa shape index (κ1) is 10.7. The summed E-state index contributed by atoms with van der Waals surface area (Å²) in [4.78, 5) is 0. The van der Waals surface area contributed by atoms with E-state index in [2.05, 4.69) is 6.58 Å². The number of hydrogen-bond acceptors (Lipinski definition) is 2. The molecule has 2 atom stereocenters. The summed E-state index contributed by atoms with van der Waals surface area (Å²) >= 11 is 0. The zero-order valence-electron chi connectivity index (χ0n) is 7.16. The van der Waals surface area contributed by atoms with E-state index in [4.69, 9.17) is 5.11 Å². The van der Waals surface area contributed by atoms with E-state index in [1.54, 1.807) is 6.92 Å². The van der Waals surface area contributed by atoms with Crippen LogP contribution >= 0.6 is 0 Å². The van der Waals surface area contributed by atoms with Gasteiger partial charge in [-0.3, -0.25) is 0 Å². The molecule has 0 aromatic carbocycles. The lowest BCUT2D eigenvalue weighted by Gasteiger charge is -2.10. The summed E-state index contributed by atoms with van der Waals surface area (Å²) < 4.78 is 0. The summed E-state index contributed by atoms with van der Waals surface area (Å²) in [6, 6.07) is 0. The van der Waals surface area contributed by atoms with E-state index < -0.39 is 6.10 Å². The van der Waals surface area contributed by atoms with Crippen LogP contribution in [-0.2, 0) is 0 Å². The summed E-state index contributed by atoms with van der Waals surface area (Å²) in [5, 5.41) is 18.2. The number of unbranched alkanes of at least 4 members (excludes halogenated alkanes) is 1. The zero-order valence-corrected chi connectivity index (χ0v) is 7.16. The Balaban J connectivity index is 3.21. The van der Waals surface area contributed by atoms with Crippen LogP contribution in [0.25, 0.3) is 0 Å². The highest BCUT2D eigenvalue weighted by Gasteiger charge is 2.06. The van der Waals surface area contributed by atoms with Crippen LogP contribution in [-0.4, -0.2) is 22.4 Å². The molecule has 66 valence electrons. The fourth-order valence-electron chi connectivity index (χ4n) is 1.01. The number of aliphatic hydroxyl groups excluding tert-OH is 2. The highest BCUT2D eigenvalue weighted by atomic mass is 16.3. The normalized spacial score (nSPS) is 15.9. The van der Waals surface area contributed by atoms with Crippen LogP contribution in [0.5, 0.6) is 0 Å². The second-order valence-corrected chi connectivity index (χ2v) is 2.96. The van der Waals surface area contributed by atoms with Gasteiger partial charge in [0.15, 0.2) is 0 Å². The molecular formula is C9H18O2. The minimum atomic E-state index is -0.395. The second-order valence-electron chi connectivity index (χ2n) is 2.96. The molecule has 11 heavy (non-hydrogen) atoms. The maximum Gasteiger partial charge on any atom is 0.0564 e. The SMILES string of the molecule is C=CCCCC(O)CC(C)O. The van der Waals surface area contributed by atoms with Crippen molar-refractivity contribution >= 4 is 0 Å². The molecular weight excluding hydrogens is 140 g/mol. The van der Waals surface area contributed by atoms with Gasteiger partial charge in [0, 0.05) is 0 Å². The van der Waals surface area contributed by atoms with Crippen molar-refractivity contribution < 1.29 is 10.2 Å². The van der Waals surface area contributed by atoms with Gasteiger partial charge in [0.2, 0.25) is 0 Å². The molecule has 0 rings (SSSR count). The third-order valence-electron chi connectivity index (χ3n) is 1.56. The predicted octanol–water partition coefficient (Wildman–Crippen LogP) is 1.47. The molecule has 2 nitrogen and oxygen atoms in total. The van der Waals surface area contributed by atoms with Gasteiger partial charge in [-0.05, 0) is 32.6 Å². The Bertz CT molecular complexity index is 99.7. The van der Waals surface area contributed by atoms with Crippen molar-refractivity contribution in [1.82, 2.24) is 0 Å². The van der Waals surface area contributed by atoms with Crippen molar-refractivity contribution in [3.8, 4) is 0 Å². The average molecular weight is 158 g/mol. The second kappa shape index (κ2) is 6.38. The molecule has 0 fully saturated rings. The topological polar surface area (TPSA) is 40.5 Å². The number of aliphatic hydroxyl groups is 2. The lowest BCUT2D eigenvalue weighted by molar-refractivity contribution is 0.0841. The molecule has 2 heteroatoms. The fourth-order valence-corrected chi connectivity index (χ4v) is 1.01. The Kier molecular flexibility index (Phi) is 6.18. The van der Waals surface area contributed by atoms with E-state index in [0.717, 1.165) is 19.3 Å². The molecule has 0 saturated carbocycles. The number of allylic oxidation sites excluding steroid dienone is 1. The Morgan fingerprint density at radius 2 is 2.09 bits per heavy atom. The van der Waals surface area contributed by atoms with E-state index in [1.165, 1.54) is 0 Å². The minimum absolute atomic E-state index is 0.352. The largest absolute Gasteiger partial charge is 0.393 e. The first-order valence-corrected chi connectivity index (χ1v) is 4.13. The monoisotopic (exact) mass is 158 g/mol. The summed E-state index contributed by atoms with van der Waals surface area (Å²) in [5.41, 5.74) is 0. The van der Waals surface area contributed by atoms with Crippen LogP contribution < -0.4 is 0 Å². The van der Waals surface area contributed by atoms with Crippen LogP contribution in [0.15, 0.2) is 12.7 Å². The van der Waals surface area contributed by atoms with Crippen molar-refractivity contribution in [3.05, 3.63) is 12.7 Å². The van der Waals surface area contributed by atoms with Gasteiger partial charge in [-0.15, -0.1) is 6.58 Å². The molecule has 0 amide bonds. The van der Waals surface area contributed by atoms with Gasteiger partial charge >= 0.3 is 0 Å². The van der Waals surface area contributed by atoms with Crippen molar-refractivity contribution in [3.63, 3.8) is 0 Å². The number of hydrogen-bond donors (Lipinski definition) is 2. The summed E-state index contributed by atoms with van der Waals surface area (Å²) in [7, 11) is 0. The van der Waals surface area contributed by atoms with Crippen molar-refractivity contribution in [2.75, 3.05) is 0 Å². The first-order chi connectivity index (χ1) is 5.16. The highest BCUT2D eigenvalue weighted by molar-refractivity contribution is 4.68. The third-order valence-corrected chi connectivity index (χ3v) is 1.56. The zero-order chi connectivity index (χ0) is 8.69. The molecule has 0 bridgehead atoms. The molecule has 0 aliphatic carbocycles. The van der Waals surface area contributed by atoms with Crippen LogP contribution in [0.1, 0.15) is 32.6 Å². The van der Waals surface area contributed by atoms with Gasteiger partial charge in [0.25, 0.3) is 0 Å². The summed E-state index contributed by atoms with van der Waals surface area (Å²) in [5.74, 6) is 0. The number of rotatable bonds is 6. The fraction of sp³-hybridized carbons (Fsp3) is 0.778. The lowest BCUT2D eigenvalue weighted by atomic mass is 10.1. The molecule has 0 aromatic rings. The molecule has 0 heterocycles. The summed E-state index contributed by atoms with van der Waals surface area (Å²) in [6.45, 7) is 5.28. The van der Waals surface area contributed by atoms with E-state index in [9.17, 15) is 5.11 Å². The van der Waals surface area contributed by atoms with E-state index in [-0.39, 0.29) is 6.10 Å². The van der Waals surface area contributed by atoms with Gasteiger partial charge in [-0.25, -0.2) is 0 Å². The van der Waals surface area contributed by atoms with Gasteiger partial charge < -0.3 is 10.2 Å². The van der Waals surface area contributed by atoms with E-state index in [1.807, 2.05) is 6.08 Å². The molecule has 0 aromatic heterocycles. The maximum absolute atomic E-state index is 9.25. The van der Waals surface area contributed by atoms with Gasteiger partial charge in [0.05, 0.1) is 12.2 Å². The molecule has 2 unspecified atom stereocenters.